The van der Waals surface area contributed by atoms with Crippen molar-refractivity contribution in [2.75, 3.05) is 13.1 Å². The van der Waals surface area contributed by atoms with E-state index >= 15 is 0 Å². The van der Waals surface area contributed by atoms with Crippen molar-refractivity contribution in [3.63, 3.8) is 0 Å². The van der Waals surface area contributed by atoms with Crippen molar-refractivity contribution in [3.05, 3.63) is 35.9 Å². The van der Waals surface area contributed by atoms with Crippen LogP contribution in [0.25, 0.3) is 0 Å². The van der Waals surface area contributed by atoms with Crippen LogP contribution in [0.3, 0.4) is 0 Å². The molecule has 0 fully saturated rings. The summed E-state index contributed by atoms with van der Waals surface area (Å²) in [5.74, 6) is 2.63. The Hall–Kier alpha value is -1.75. The first kappa shape index (κ1) is 14.3. The van der Waals surface area contributed by atoms with Gasteiger partial charge in [-0.1, -0.05) is 50.1 Å². The van der Waals surface area contributed by atoms with E-state index in [0.29, 0.717) is 6.54 Å². The third-order valence-electron chi connectivity index (χ3n) is 3.00. The number of nitrogens with zero attached hydrogens (tertiary/aromatic N) is 1. The van der Waals surface area contributed by atoms with Crippen LogP contribution in [0, 0.1) is 12.3 Å². The Kier molecular flexibility index (Phi) is 6.00. The van der Waals surface area contributed by atoms with E-state index in [1.807, 2.05) is 37.3 Å². The molecule has 0 saturated heterocycles. The Morgan fingerprint density at radius 1 is 1.33 bits per heavy atom. The predicted octanol–water partition coefficient (Wildman–Crippen LogP) is 3.05. The Bertz CT molecular complexity index is 405. The molecule has 2 nitrogen and oxygen atoms in total. The molecule has 1 unspecified atom stereocenters. The number of hydrogen-bond acceptors (Lipinski definition) is 1. The first-order valence-electron chi connectivity index (χ1n) is 6.51. The molecular formula is C16H21NO. The van der Waals surface area contributed by atoms with Gasteiger partial charge in [-0.05, 0) is 18.4 Å². The fourth-order valence-electron chi connectivity index (χ4n) is 2.11. The van der Waals surface area contributed by atoms with Gasteiger partial charge in [-0.2, -0.15) is 0 Å². The van der Waals surface area contributed by atoms with E-state index in [2.05, 4.69) is 12.8 Å². The number of carbonyl (C=O) groups is 1. The smallest absolute Gasteiger partial charge is 0.230 e. The predicted molar refractivity (Wildman–Crippen MR) is 75.2 cm³/mol. The molecule has 0 heterocycles. The normalized spacial score (nSPS) is 11.6. The van der Waals surface area contributed by atoms with Gasteiger partial charge in [-0.15, -0.1) is 6.42 Å². The van der Waals surface area contributed by atoms with Gasteiger partial charge in [0.05, 0.1) is 12.5 Å². The maximum absolute atomic E-state index is 12.5. The van der Waals surface area contributed by atoms with E-state index in [-0.39, 0.29) is 11.8 Å². The van der Waals surface area contributed by atoms with Gasteiger partial charge in [0.15, 0.2) is 0 Å². The van der Waals surface area contributed by atoms with Crippen molar-refractivity contribution in [3.8, 4) is 12.3 Å². The Morgan fingerprint density at radius 2 is 2.00 bits per heavy atom. The van der Waals surface area contributed by atoms with Crippen molar-refractivity contribution in [2.24, 2.45) is 0 Å². The number of carbonyl (C=O) groups excluding carboxylic acids is 1. The lowest BCUT2D eigenvalue weighted by Crippen LogP contribution is -2.36. The van der Waals surface area contributed by atoms with Crippen molar-refractivity contribution >= 4 is 5.91 Å². The van der Waals surface area contributed by atoms with Gasteiger partial charge in [0, 0.05) is 6.54 Å². The number of rotatable bonds is 6. The second kappa shape index (κ2) is 7.55. The molecule has 1 aromatic carbocycles. The third-order valence-corrected chi connectivity index (χ3v) is 3.00. The van der Waals surface area contributed by atoms with Crippen LogP contribution in [0.4, 0.5) is 0 Å². The highest BCUT2D eigenvalue weighted by atomic mass is 16.2. The lowest BCUT2D eigenvalue weighted by Gasteiger charge is -2.25. The fraction of sp³-hybridized carbons (Fsp3) is 0.438. The van der Waals surface area contributed by atoms with Crippen LogP contribution in [-0.2, 0) is 4.79 Å². The van der Waals surface area contributed by atoms with Crippen LogP contribution in [-0.4, -0.2) is 23.9 Å². The summed E-state index contributed by atoms with van der Waals surface area (Å²) in [7, 11) is 0. The van der Waals surface area contributed by atoms with Gasteiger partial charge in [0.25, 0.3) is 0 Å². The summed E-state index contributed by atoms with van der Waals surface area (Å²) >= 11 is 0. The molecule has 96 valence electrons. The van der Waals surface area contributed by atoms with Crippen LogP contribution >= 0.6 is 0 Å². The Balaban J connectivity index is 2.87. The average Bonchev–Trinajstić information content (AvgIpc) is 2.40. The summed E-state index contributed by atoms with van der Waals surface area (Å²) < 4.78 is 0. The Morgan fingerprint density at radius 3 is 2.50 bits per heavy atom. The van der Waals surface area contributed by atoms with Crippen LogP contribution in [0.5, 0.6) is 0 Å². The second-order valence-electron chi connectivity index (χ2n) is 4.34. The molecule has 1 amide bonds. The zero-order chi connectivity index (χ0) is 13.4. The molecule has 0 aliphatic heterocycles. The number of benzene rings is 1. The van der Waals surface area contributed by atoms with Crippen LogP contribution in [0.2, 0.25) is 0 Å². The molecule has 0 aliphatic carbocycles. The summed E-state index contributed by atoms with van der Waals surface area (Å²) in [4.78, 5) is 14.3. The van der Waals surface area contributed by atoms with Crippen molar-refractivity contribution in [2.45, 2.75) is 32.6 Å². The summed E-state index contributed by atoms with van der Waals surface area (Å²) in [5.41, 5.74) is 1.07. The standard InChI is InChI=1S/C16H21NO/c1-4-12-17(13-5-2)16(18)15(6-3)14-10-8-7-9-11-14/h1,7-11,15H,5-6,12-13H2,2-3H3. The van der Waals surface area contributed by atoms with Crippen LogP contribution < -0.4 is 0 Å². The van der Waals surface area contributed by atoms with Gasteiger partial charge in [-0.3, -0.25) is 4.79 Å². The average molecular weight is 243 g/mol. The summed E-state index contributed by atoms with van der Waals surface area (Å²) in [5, 5.41) is 0. The summed E-state index contributed by atoms with van der Waals surface area (Å²) in [6, 6.07) is 9.91. The van der Waals surface area contributed by atoms with Gasteiger partial charge >= 0.3 is 0 Å². The highest BCUT2D eigenvalue weighted by Crippen LogP contribution is 2.21. The minimum atomic E-state index is -0.0777. The monoisotopic (exact) mass is 243 g/mol. The molecule has 1 rings (SSSR count). The molecule has 0 spiro atoms. The third kappa shape index (κ3) is 3.63. The van der Waals surface area contributed by atoms with E-state index in [9.17, 15) is 4.79 Å². The molecule has 0 aliphatic rings. The highest BCUT2D eigenvalue weighted by Gasteiger charge is 2.23. The summed E-state index contributed by atoms with van der Waals surface area (Å²) in [6.45, 7) is 5.22. The molecule has 0 radical (unpaired) electrons. The largest absolute Gasteiger partial charge is 0.331 e. The van der Waals surface area contributed by atoms with E-state index in [0.717, 1.165) is 24.9 Å². The van der Waals surface area contributed by atoms with Gasteiger partial charge in [-0.25, -0.2) is 0 Å². The second-order valence-corrected chi connectivity index (χ2v) is 4.34. The minimum Gasteiger partial charge on any atom is -0.331 e. The quantitative estimate of drug-likeness (QED) is 0.703. The molecule has 2 heteroatoms. The zero-order valence-corrected chi connectivity index (χ0v) is 11.2. The molecular weight excluding hydrogens is 222 g/mol. The SMILES string of the molecule is C#CCN(CCC)C(=O)C(CC)c1ccccc1. The number of hydrogen-bond donors (Lipinski definition) is 0. The van der Waals surface area contributed by atoms with Crippen molar-refractivity contribution < 1.29 is 4.79 Å². The van der Waals surface area contributed by atoms with Crippen molar-refractivity contribution in [1.29, 1.82) is 0 Å². The molecule has 0 bridgehead atoms. The number of terminal acetylenes is 1. The summed E-state index contributed by atoms with van der Waals surface area (Å²) in [6.07, 6.45) is 7.06. The van der Waals surface area contributed by atoms with E-state index in [1.165, 1.54) is 0 Å². The minimum absolute atomic E-state index is 0.0777. The van der Waals surface area contributed by atoms with Gasteiger partial charge < -0.3 is 4.90 Å². The number of amides is 1. The first-order valence-corrected chi connectivity index (χ1v) is 6.51. The fourth-order valence-corrected chi connectivity index (χ4v) is 2.11. The van der Waals surface area contributed by atoms with E-state index in [4.69, 9.17) is 6.42 Å². The van der Waals surface area contributed by atoms with Gasteiger partial charge in [0.1, 0.15) is 0 Å². The molecule has 0 N–H and O–H groups in total. The maximum atomic E-state index is 12.5. The van der Waals surface area contributed by atoms with Crippen molar-refractivity contribution in [1.82, 2.24) is 4.90 Å². The lowest BCUT2D eigenvalue weighted by molar-refractivity contribution is -0.132. The zero-order valence-electron chi connectivity index (χ0n) is 11.2. The topological polar surface area (TPSA) is 20.3 Å². The lowest BCUT2D eigenvalue weighted by atomic mass is 9.95. The maximum Gasteiger partial charge on any atom is 0.230 e. The van der Waals surface area contributed by atoms with Crippen LogP contribution in [0.1, 0.15) is 38.2 Å². The molecule has 1 aromatic rings. The molecule has 18 heavy (non-hydrogen) atoms. The highest BCUT2D eigenvalue weighted by molar-refractivity contribution is 5.83. The van der Waals surface area contributed by atoms with E-state index in [1.54, 1.807) is 4.90 Å². The molecule has 0 saturated carbocycles. The van der Waals surface area contributed by atoms with Gasteiger partial charge in [0.2, 0.25) is 5.91 Å². The van der Waals surface area contributed by atoms with Crippen LogP contribution in [0.15, 0.2) is 30.3 Å². The Labute approximate surface area is 110 Å². The molecule has 0 aromatic heterocycles. The molecule has 1 atom stereocenters. The van der Waals surface area contributed by atoms with E-state index < -0.39 is 0 Å². The first-order chi connectivity index (χ1) is 8.74.